The van der Waals surface area contributed by atoms with Gasteiger partial charge in [0.15, 0.2) is 0 Å². The summed E-state index contributed by atoms with van der Waals surface area (Å²) < 4.78 is 0. The number of carbonyl (C=O) groups is 1. The summed E-state index contributed by atoms with van der Waals surface area (Å²) in [5.41, 5.74) is 4.93. The molecule has 2 atom stereocenters. The van der Waals surface area contributed by atoms with Gasteiger partial charge in [-0.15, -0.1) is 0 Å². The molecule has 0 bridgehead atoms. The first-order chi connectivity index (χ1) is 5.94. The molecule has 2 unspecified atom stereocenters. The number of aliphatic hydroxyl groups is 1. The molecule has 0 aliphatic carbocycles. The summed E-state index contributed by atoms with van der Waals surface area (Å²) in [6.45, 7) is 5.50. The highest BCUT2D eigenvalue weighted by Crippen LogP contribution is 2.05. The van der Waals surface area contributed by atoms with Gasteiger partial charge in [-0.1, -0.05) is 6.92 Å². The van der Waals surface area contributed by atoms with Crippen LogP contribution in [0.3, 0.4) is 0 Å². The lowest BCUT2D eigenvalue weighted by Crippen LogP contribution is -2.53. The lowest BCUT2D eigenvalue weighted by atomic mass is 9.99. The Morgan fingerprint density at radius 3 is 2.62 bits per heavy atom. The molecule has 4 nitrogen and oxygen atoms in total. The summed E-state index contributed by atoms with van der Waals surface area (Å²) in [6.07, 6.45) is 1.16. The van der Waals surface area contributed by atoms with E-state index in [0.717, 1.165) is 0 Å². The third-order valence-electron chi connectivity index (χ3n) is 2.19. The minimum Gasteiger partial charge on any atom is -0.396 e. The van der Waals surface area contributed by atoms with Crippen molar-refractivity contribution in [1.82, 2.24) is 5.32 Å². The Bertz CT molecular complexity index is 169. The van der Waals surface area contributed by atoms with Gasteiger partial charge in [0.1, 0.15) is 0 Å². The van der Waals surface area contributed by atoms with Crippen molar-refractivity contribution in [2.24, 2.45) is 5.73 Å². The van der Waals surface area contributed by atoms with Crippen molar-refractivity contribution in [3.05, 3.63) is 0 Å². The van der Waals surface area contributed by atoms with Gasteiger partial charge in [-0.25, -0.2) is 0 Å². The van der Waals surface area contributed by atoms with Gasteiger partial charge >= 0.3 is 0 Å². The van der Waals surface area contributed by atoms with Crippen LogP contribution in [0.2, 0.25) is 0 Å². The second-order valence-electron chi connectivity index (χ2n) is 3.66. The smallest absolute Gasteiger partial charge is 0.239 e. The minimum atomic E-state index is -0.802. The van der Waals surface area contributed by atoms with Gasteiger partial charge in [0, 0.05) is 12.6 Å². The molecule has 0 spiro atoms. The SMILES string of the molecule is CCC(C)(N)C(=O)NC(C)CCO. The van der Waals surface area contributed by atoms with Crippen LogP contribution in [0.25, 0.3) is 0 Å². The molecule has 13 heavy (non-hydrogen) atoms. The van der Waals surface area contributed by atoms with Crippen LogP contribution >= 0.6 is 0 Å². The van der Waals surface area contributed by atoms with Crippen LogP contribution in [0.4, 0.5) is 0 Å². The van der Waals surface area contributed by atoms with E-state index in [1.807, 2.05) is 13.8 Å². The Labute approximate surface area is 79.5 Å². The second-order valence-corrected chi connectivity index (χ2v) is 3.66. The van der Waals surface area contributed by atoms with Crippen molar-refractivity contribution < 1.29 is 9.90 Å². The van der Waals surface area contributed by atoms with Crippen LogP contribution in [0.1, 0.15) is 33.6 Å². The van der Waals surface area contributed by atoms with Gasteiger partial charge in [-0.3, -0.25) is 4.79 Å². The second kappa shape index (κ2) is 5.19. The topological polar surface area (TPSA) is 75.4 Å². The highest BCUT2D eigenvalue weighted by atomic mass is 16.3. The van der Waals surface area contributed by atoms with E-state index < -0.39 is 5.54 Å². The molecule has 0 heterocycles. The third kappa shape index (κ3) is 4.24. The zero-order chi connectivity index (χ0) is 10.5. The van der Waals surface area contributed by atoms with Crippen molar-refractivity contribution in [3.8, 4) is 0 Å². The molecule has 0 rings (SSSR count). The molecule has 4 N–H and O–H groups in total. The van der Waals surface area contributed by atoms with Crippen LogP contribution in [-0.4, -0.2) is 29.2 Å². The van der Waals surface area contributed by atoms with Crippen LogP contribution in [0, 0.1) is 0 Å². The normalized spacial score (nSPS) is 17.6. The first kappa shape index (κ1) is 12.4. The van der Waals surface area contributed by atoms with Gasteiger partial charge < -0.3 is 16.2 Å². The Kier molecular flexibility index (Phi) is 4.95. The molecule has 0 aliphatic heterocycles. The van der Waals surface area contributed by atoms with Crippen molar-refractivity contribution in [3.63, 3.8) is 0 Å². The van der Waals surface area contributed by atoms with Crippen molar-refractivity contribution in [2.75, 3.05) is 6.61 Å². The number of nitrogens with one attached hydrogen (secondary N) is 1. The predicted octanol–water partition coefficient (Wildman–Crippen LogP) is 0.000900. The van der Waals surface area contributed by atoms with Crippen LogP contribution in [-0.2, 0) is 4.79 Å². The van der Waals surface area contributed by atoms with E-state index >= 15 is 0 Å². The zero-order valence-electron chi connectivity index (χ0n) is 8.63. The predicted molar refractivity (Wildman–Crippen MR) is 52.2 cm³/mol. The summed E-state index contributed by atoms with van der Waals surface area (Å²) in [6, 6.07) is -0.0214. The molecule has 0 fully saturated rings. The number of carbonyl (C=O) groups excluding carboxylic acids is 1. The number of nitrogens with two attached hydrogens (primary N) is 1. The van der Waals surface area contributed by atoms with Gasteiger partial charge in [-0.2, -0.15) is 0 Å². The lowest BCUT2D eigenvalue weighted by molar-refractivity contribution is -0.126. The van der Waals surface area contributed by atoms with Crippen LogP contribution in [0.15, 0.2) is 0 Å². The van der Waals surface area contributed by atoms with Crippen LogP contribution in [0.5, 0.6) is 0 Å². The molecule has 0 aromatic heterocycles. The number of amides is 1. The number of aliphatic hydroxyl groups excluding tert-OH is 1. The van der Waals surface area contributed by atoms with Gasteiger partial charge in [0.25, 0.3) is 0 Å². The average Bonchev–Trinajstić information content (AvgIpc) is 2.04. The minimum absolute atomic E-state index is 0.0214. The molecule has 78 valence electrons. The van der Waals surface area contributed by atoms with Crippen molar-refractivity contribution >= 4 is 5.91 Å². The molecule has 0 aliphatic rings. The molecule has 0 aromatic rings. The quantitative estimate of drug-likeness (QED) is 0.568. The largest absolute Gasteiger partial charge is 0.396 e. The van der Waals surface area contributed by atoms with Crippen molar-refractivity contribution in [1.29, 1.82) is 0 Å². The van der Waals surface area contributed by atoms with Gasteiger partial charge in [0.05, 0.1) is 5.54 Å². The summed E-state index contributed by atoms with van der Waals surface area (Å²) >= 11 is 0. The lowest BCUT2D eigenvalue weighted by Gasteiger charge is -2.24. The average molecular weight is 188 g/mol. The fourth-order valence-electron chi connectivity index (χ4n) is 0.815. The zero-order valence-corrected chi connectivity index (χ0v) is 8.63. The monoisotopic (exact) mass is 188 g/mol. The Balaban J connectivity index is 3.99. The highest BCUT2D eigenvalue weighted by Gasteiger charge is 2.26. The molecular formula is C9H20N2O2. The fourth-order valence-corrected chi connectivity index (χ4v) is 0.815. The number of hydrogen-bond acceptors (Lipinski definition) is 3. The summed E-state index contributed by atoms with van der Waals surface area (Å²) in [4.78, 5) is 11.5. The maximum Gasteiger partial charge on any atom is 0.239 e. The van der Waals surface area contributed by atoms with Gasteiger partial charge in [-0.05, 0) is 26.7 Å². The molecular weight excluding hydrogens is 168 g/mol. The summed E-state index contributed by atoms with van der Waals surface area (Å²) in [5.74, 6) is -0.157. The molecule has 0 saturated heterocycles. The molecule has 1 amide bonds. The summed E-state index contributed by atoms with van der Waals surface area (Å²) in [5, 5.41) is 11.4. The Morgan fingerprint density at radius 2 is 2.23 bits per heavy atom. The van der Waals surface area contributed by atoms with E-state index in [1.54, 1.807) is 6.92 Å². The standard InChI is InChI=1S/C9H20N2O2/c1-4-9(3,10)8(13)11-7(2)5-6-12/h7,12H,4-6,10H2,1-3H3,(H,11,13). The van der Waals surface area contributed by atoms with E-state index in [4.69, 9.17) is 10.8 Å². The maximum atomic E-state index is 11.5. The number of hydrogen-bond donors (Lipinski definition) is 3. The summed E-state index contributed by atoms with van der Waals surface area (Å²) in [7, 11) is 0. The first-order valence-electron chi connectivity index (χ1n) is 4.64. The van der Waals surface area contributed by atoms with E-state index in [1.165, 1.54) is 0 Å². The molecule has 0 saturated carbocycles. The molecule has 0 radical (unpaired) electrons. The molecule has 0 aromatic carbocycles. The van der Waals surface area contributed by atoms with Gasteiger partial charge in [0.2, 0.25) is 5.91 Å². The maximum absolute atomic E-state index is 11.5. The van der Waals surface area contributed by atoms with E-state index in [0.29, 0.717) is 12.8 Å². The number of rotatable bonds is 5. The van der Waals surface area contributed by atoms with Crippen LogP contribution < -0.4 is 11.1 Å². The van der Waals surface area contributed by atoms with E-state index in [2.05, 4.69) is 5.32 Å². The Morgan fingerprint density at radius 1 is 1.69 bits per heavy atom. The third-order valence-corrected chi connectivity index (χ3v) is 2.19. The Hall–Kier alpha value is -0.610. The molecule has 4 heteroatoms. The fraction of sp³-hybridized carbons (Fsp3) is 0.889. The first-order valence-corrected chi connectivity index (χ1v) is 4.64. The van der Waals surface area contributed by atoms with E-state index in [9.17, 15) is 4.79 Å². The van der Waals surface area contributed by atoms with E-state index in [-0.39, 0.29) is 18.6 Å². The van der Waals surface area contributed by atoms with Crippen molar-refractivity contribution in [2.45, 2.75) is 45.2 Å². The highest BCUT2D eigenvalue weighted by molar-refractivity contribution is 5.85.